The van der Waals surface area contributed by atoms with E-state index in [1.807, 2.05) is 13.8 Å². The summed E-state index contributed by atoms with van der Waals surface area (Å²) in [5.74, 6) is 0.0615. The first-order valence-corrected chi connectivity index (χ1v) is 4.38. The lowest BCUT2D eigenvalue weighted by atomic mass is 9.79. The minimum Gasteiger partial charge on any atom is -0.369 e. The number of carbonyl (C=O) groups excluding carboxylic acids is 1. The second-order valence-corrected chi connectivity index (χ2v) is 3.98. The number of amides is 2. The number of nitrogens with two attached hydrogens (primary N) is 1. The van der Waals surface area contributed by atoms with Gasteiger partial charge in [-0.15, -0.1) is 0 Å². The van der Waals surface area contributed by atoms with E-state index in [1.54, 1.807) is 6.92 Å². The average molecular weight is 187 g/mol. The molecule has 0 aromatic rings. The third-order valence-electron chi connectivity index (χ3n) is 2.87. The Labute approximate surface area is 77.7 Å². The van der Waals surface area contributed by atoms with Crippen LogP contribution in [0.1, 0.15) is 20.8 Å². The molecule has 0 saturated carbocycles. The second-order valence-electron chi connectivity index (χ2n) is 3.98. The summed E-state index contributed by atoms with van der Waals surface area (Å²) in [7, 11) is 0. The Balaban J connectivity index is 3.05. The van der Waals surface area contributed by atoms with Crippen LogP contribution in [0.4, 0.5) is 4.79 Å². The molecule has 76 valence electrons. The second kappa shape index (κ2) is 2.85. The minimum absolute atomic E-state index is 0.0615. The molecule has 2 unspecified atom stereocenters. The van der Waals surface area contributed by atoms with E-state index in [2.05, 4.69) is 10.6 Å². The lowest BCUT2D eigenvalue weighted by Gasteiger charge is -2.40. The van der Waals surface area contributed by atoms with Gasteiger partial charge in [0.05, 0.1) is 0 Å². The molecule has 2 amide bonds. The molecule has 5 nitrogen and oxygen atoms in total. The van der Waals surface area contributed by atoms with Crippen LogP contribution in [0.5, 0.6) is 0 Å². The molecule has 0 radical (unpaired) electrons. The van der Waals surface area contributed by atoms with E-state index in [9.17, 15) is 9.90 Å². The predicted molar refractivity (Wildman–Crippen MR) is 48.9 cm³/mol. The molecule has 13 heavy (non-hydrogen) atoms. The fourth-order valence-electron chi connectivity index (χ4n) is 1.88. The zero-order valence-corrected chi connectivity index (χ0v) is 8.22. The SMILES string of the molecule is CC(C)C1(CN)NC(=O)NC1(C)O. The molecule has 5 heteroatoms. The van der Waals surface area contributed by atoms with Crippen molar-refractivity contribution in [2.24, 2.45) is 11.7 Å². The van der Waals surface area contributed by atoms with Crippen molar-refractivity contribution in [3.63, 3.8) is 0 Å². The summed E-state index contributed by atoms with van der Waals surface area (Å²) in [5.41, 5.74) is 3.53. The van der Waals surface area contributed by atoms with Gasteiger partial charge in [0.2, 0.25) is 0 Å². The molecular formula is C8H17N3O2. The van der Waals surface area contributed by atoms with Gasteiger partial charge in [0.1, 0.15) is 5.54 Å². The standard InChI is InChI=1S/C8H17N3O2/c1-5(2)8(4-9)7(3,13)10-6(12)11-8/h5,13H,4,9H2,1-3H3,(H2,10,11,12). The molecule has 1 aliphatic heterocycles. The first kappa shape index (κ1) is 10.3. The quantitative estimate of drug-likeness (QED) is 0.464. The van der Waals surface area contributed by atoms with Crippen molar-refractivity contribution >= 4 is 6.03 Å². The average Bonchev–Trinajstić information content (AvgIpc) is 2.20. The van der Waals surface area contributed by atoms with Crippen LogP contribution < -0.4 is 16.4 Å². The molecule has 1 heterocycles. The van der Waals surface area contributed by atoms with Crippen LogP contribution >= 0.6 is 0 Å². The number of urea groups is 1. The van der Waals surface area contributed by atoms with Crippen molar-refractivity contribution in [2.75, 3.05) is 6.54 Å². The van der Waals surface area contributed by atoms with Crippen LogP contribution in [-0.4, -0.2) is 28.9 Å². The fourth-order valence-corrected chi connectivity index (χ4v) is 1.88. The maximum atomic E-state index is 11.1. The Morgan fingerprint density at radius 2 is 2.08 bits per heavy atom. The molecule has 0 aromatic heterocycles. The lowest BCUT2D eigenvalue weighted by molar-refractivity contribution is -0.0396. The monoisotopic (exact) mass is 187 g/mol. The van der Waals surface area contributed by atoms with Gasteiger partial charge in [-0.1, -0.05) is 13.8 Å². The van der Waals surface area contributed by atoms with E-state index in [0.717, 1.165) is 0 Å². The Hall–Kier alpha value is -0.810. The number of hydrogen-bond acceptors (Lipinski definition) is 3. The highest BCUT2D eigenvalue weighted by molar-refractivity contribution is 5.79. The van der Waals surface area contributed by atoms with Gasteiger partial charge in [0, 0.05) is 6.54 Å². The van der Waals surface area contributed by atoms with Crippen LogP contribution in [0, 0.1) is 5.92 Å². The highest BCUT2D eigenvalue weighted by Gasteiger charge is 2.55. The molecule has 0 aliphatic carbocycles. The van der Waals surface area contributed by atoms with E-state index in [1.165, 1.54) is 0 Å². The predicted octanol–water partition coefficient (Wildman–Crippen LogP) is -0.639. The first-order valence-electron chi connectivity index (χ1n) is 4.38. The molecule has 2 atom stereocenters. The lowest BCUT2D eigenvalue weighted by Crippen LogP contribution is -2.65. The highest BCUT2D eigenvalue weighted by atomic mass is 16.3. The Morgan fingerprint density at radius 3 is 2.23 bits per heavy atom. The van der Waals surface area contributed by atoms with E-state index >= 15 is 0 Å². The minimum atomic E-state index is -1.28. The molecule has 0 spiro atoms. The molecule has 0 aromatic carbocycles. The van der Waals surface area contributed by atoms with Gasteiger partial charge in [-0.3, -0.25) is 0 Å². The van der Waals surface area contributed by atoms with Gasteiger partial charge in [-0.2, -0.15) is 0 Å². The van der Waals surface area contributed by atoms with Crippen molar-refractivity contribution in [1.82, 2.24) is 10.6 Å². The van der Waals surface area contributed by atoms with Gasteiger partial charge in [-0.25, -0.2) is 4.79 Å². The van der Waals surface area contributed by atoms with Gasteiger partial charge >= 0.3 is 6.03 Å². The highest BCUT2D eigenvalue weighted by Crippen LogP contribution is 2.30. The summed E-state index contributed by atoms with van der Waals surface area (Å²) in [5, 5.41) is 15.1. The molecule has 5 N–H and O–H groups in total. The maximum Gasteiger partial charge on any atom is 0.317 e. The van der Waals surface area contributed by atoms with Gasteiger partial charge in [0.25, 0.3) is 0 Å². The summed E-state index contributed by atoms with van der Waals surface area (Å²) in [4.78, 5) is 11.1. The van der Waals surface area contributed by atoms with Crippen molar-refractivity contribution < 1.29 is 9.90 Å². The molecular weight excluding hydrogens is 170 g/mol. The Kier molecular flexibility index (Phi) is 2.25. The number of aliphatic hydroxyl groups is 1. The van der Waals surface area contributed by atoms with Gasteiger partial charge < -0.3 is 21.5 Å². The van der Waals surface area contributed by atoms with Gasteiger partial charge in [-0.05, 0) is 12.8 Å². The summed E-state index contributed by atoms with van der Waals surface area (Å²) in [6, 6.07) is -0.371. The van der Waals surface area contributed by atoms with Crippen LogP contribution in [0.25, 0.3) is 0 Å². The first-order chi connectivity index (χ1) is 5.85. The third-order valence-corrected chi connectivity index (χ3v) is 2.87. The van der Waals surface area contributed by atoms with E-state index < -0.39 is 11.3 Å². The maximum absolute atomic E-state index is 11.1. The topological polar surface area (TPSA) is 87.4 Å². The van der Waals surface area contributed by atoms with Crippen molar-refractivity contribution in [3.8, 4) is 0 Å². The number of rotatable bonds is 2. The van der Waals surface area contributed by atoms with Crippen LogP contribution in [0.15, 0.2) is 0 Å². The molecule has 1 aliphatic rings. The number of nitrogens with one attached hydrogen (secondary N) is 2. The van der Waals surface area contributed by atoms with Crippen molar-refractivity contribution in [2.45, 2.75) is 32.0 Å². The summed E-state index contributed by atoms with van der Waals surface area (Å²) >= 11 is 0. The largest absolute Gasteiger partial charge is 0.369 e. The molecule has 1 rings (SSSR count). The van der Waals surface area contributed by atoms with Crippen LogP contribution in [0.3, 0.4) is 0 Å². The van der Waals surface area contributed by atoms with Crippen molar-refractivity contribution in [1.29, 1.82) is 0 Å². The van der Waals surface area contributed by atoms with Crippen LogP contribution in [0.2, 0.25) is 0 Å². The fraction of sp³-hybridized carbons (Fsp3) is 0.875. The molecule has 1 saturated heterocycles. The smallest absolute Gasteiger partial charge is 0.317 e. The number of carbonyl (C=O) groups is 1. The summed E-state index contributed by atoms with van der Waals surface area (Å²) in [6.45, 7) is 5.58. The Morgan fingerprint density at radius 1 is 1.54 bits per heavy atom. The summed E-state index contributed by atoms with van der Waals surface area (Å²) < 4.78 is 0. The van der Waals surface area contributed by atoms with Gasteiger partial charge in [0.15, 0.2) is 5.72 Å². The zero-order chi connectivity index (χ0) is 10.3. The molecule has 1 fully saturated rings. The normalized spacial score (nSPS) is 39.1. The van der Waals surface area contributed by atoms with Crippen molar-refractivity contribution in [3.05, 3.63) is 0 Å². The van der Waals surface area contributed by atoms with E-state index in [-0.39, 0.29) is 18.5 Å². The Bertz CT molecular complexity index is 227. The molecule has 0 bridgehead atoms. The summed E-state index contributed by atoms with van der Waals surface area (Å²) in [6.07, 6.45) is 0. The van der Waals surface area contributed by atoms with E-state index in [0.29, 0.717) is 0 Å². The number of hydrogen-bond donors (Lipinski definition) is 4. The third kappa shape index (κ3) is 1.28. The van der Waals surface area contributed by atoms with Crippen LogP contribution in [-0.2, 0) is 0 Å². The van der Waals surface area contributed by atoms with E-state index in [4.69, 9.17) is 5.73 Å². The zero-order valence-electron chi connectivity index (χ0n) is 8.22.